The van der Waals surface area contributed by atoms with Crippen LogP contribution in [0.1, 0.15) is 15.9 Å². The number of carbonyl (C=O) groups excluding carboxylic acids is 1. The van der Waals surface area contributed by atoms with Gasteiger partial charge in [0.25, 0.3) is 0 Å². The van der Waals surface area contributed by atoms with Crippen LogP contribution >= 0.6 is 0 Å². The lowest BCUT2D eigenvalue weighted by molar-refractivity contribution is -0.275. The van der Waals surface area contributed by atoms with E-state index in [9.17, 15) is 18.0 Å². The lowest BCUT2D eigenvalue weighted by Gasteiger charge is -2.13. The van der Waals surface area contributed by atoms with Gasteiger partial charge in [-0.2, -0.15) is 0 Å². The number of rotatable bonds is 4. The van der Waals surface area contributed by atoms with Gasteiger partial charge in [-0.05, 0) is 30.3 Å². The Balaban J connectivity index is 2.38. The molecule has 0 amide bonds. The van der Waals surface area contributed by atoms with E-state index in [1.54, 1.807) is 0 Å². The number of halogens is 3. The molecule has 1 aromatic carbocycles. The molecule has 0 N–H and O–H groups in total. The van der Waals surface area contributed by atoms with E-state index in [0.717, 1.165) is 6.07 Å². The summed E-state index contributed by atoms with van der Waals surface area (Å²) >= 11 is 0. The molecule has 0 spiro atoms. The Kier molecular flexibility index (Phi) is 4.11. The molecule has 7 heteroatoms. The highest BCUT2D eigenvalue weighted by Gasteiger charge is 2.32. The van der Waals surface area contributed by atoms with Crippen LogP contribution in [-0.2, 0) is 0 Å². The van der Waals surface area contributed by atoms with Gasteiger partial charge in [0.2, 0.25) is 0 Å². The largest absolute Gasteiger partial charge is 0.573 e. The second-order valence-electron chi connectivity index (χ2n) is 3.98. The van der Waals surface area contributed by atoms with Crippen molar-refractivity contribution in [2.24, 2.45) is 0 Å². The Morgan fingerprint density at radius 2 is 1.71 bits per heavy atom. The van der Waals surface area contributed by atoms with E-state index < -0.39 is 17.9 Å². The lowest BCUT2D eigenvalue weighted by Crippen LogP contribution is -2.18. The van der Waals surface area contributed by atoms with Crippen LogP contribution < -0.4 is 9.47 Å². The highest BCUT2D eigenvalue weighted by atomic mass is 19.4. The SMILES string of the molecule is COc1ccc(C(=O)c2ccncc2)cc1OC(F)(F)F. The molecule has 0 atom stereocenters. The number of methoxy groups -OCH3 is 1. The second kappa shape index (κ2) is 5.82. The summed E-state index contributed by atoms with van der Waals surface area (Å²) in [5, 5.41) is 0. The number of pyridine rings is 1. The van der Waals surface area contributed by atoms with Crippen molar-refractivity contribution in [1.82, 2.24) is 4.98 Å². The Morgan fingerprint density at radius 1 is 1.05 bits per heavy atom. The Bertz CT molecular complexity index is 642. The highest BCUT2D eigenvalue weighted by molar-refractivity contribution is 6.09. The van der Waals surface area contributed by atoms with Gasteiger partial charge in [0.05, 0.1) is 7.11 Å². The lowest BCUT2D eigenvalue weighted by atomic mass is 10.0. The van der Waals surface area contributed by atoms with Crippen LogP contribution in [0, 0.1) is 0 Å². The van der Waals surface area contributed by atoms with E-state index in [-0.39, 0.29) is 11.3 Å². The molecule has 0 unspecified atom stereocenters. The van der Waals surface area contributed by atoms with Crippen molar-refractivity contribution in [2.75, 3.05) is 7.11 Å². The Morgan fingerprint density at radius 3 is 2.29 bits per heavy atom. The van der Waals surface area contributed by atoms with E-state index in [2.05, 4.69) is 9.72 Å². The average molecular weight is 297 g/mol. The van der Waals surface area contributed by atoms with Gasteiger partial charge in [0.15, 0.2) is 17.3 Å². The first-order valence-electron chi connectivity index (χ1n) is 5.79. The number of ether oxygens (including phenoxy) is 2. The van der Waals surface area contributed by atoms with Gasteiger partial charge in [0.1, 0.15) is 0 Å². The minimum absolute atomic E-state index is 0.0567. The van der Waals surface area contributed by atoms with Gasteiger partial charge < -0.3 is 9.47 Å². The van der Waals surface area contributed by atoms with Crippen molar-refractivity contribution in [3.63, 3.8) is 0 Å². The van der Waals surface area contributed by atoms with Gasteiger partial charge in [-0.25, -0.2) is 0 Å². The normalized spacial score (nSPS) is 11.0. The fraction of sp³-hybridized carbons (Fsp3) is 0.143. The van der Waals surface area contributed by atoms with Crippen molar-refractivity contribution in [3.8, 4) is 11.5 Å². The van der Waals surface area contributed by atoms with Crippen LogP contribution in [0.3, 0.4) is 0 Å². The molecule has 0 saturated carbocycles. The fourth-order valence-electron chi connectivity index (χ4n) is 1.69. The summed E-state index contributed by atoms with van der Waals surface area (Å²) in [6, 6.07) is 6.54. The quantitative estimate of drug-likeness (QED) is 0.813. The zero-order valence-corrected chi connectivity index (χ0v) is 10.8. The molecule has 0 saturated heterocycles. The van der Waals surface area contributed by atoms with Gasteiger partial charge >= 0.3 is 6.36 Å². The summed E-state index contributed by atoms with van der Waals surface area (Å²) in [4.78, 5) is 15.9. The third kappa shape index (κ3) is 3.71. The van der Waals surface area contributed by atoms with E-state index in [0.29, 0.717) is 5.56 Å². The van der Waals surface area contributed by atoms with Crippen molar-refractivity contribution in [2.45, 2.75) is 6.36 Å². The number of alkyl halides is 3. The maximum absolute atomic E-state index is 12.3. The Labute approximate surface area is 118 Å². The third-order valence-electron chi connectivity index (χ3n) is 2.59. The van der Waals surface area contributed by atoms with Crippen LogP contribution in [-0.4, -0.2) is 24.2 Å². The monoisotopic (exact) mass is 297 g/mol. The van der Waals surface area contributed by atoms with Crippen LogP contribution in [0.2, 0.25) is 0 Å². The molecule has 21 heavy (non-hydrogen) atoms. The minimum Gasteiger partial charge on any atom is -0.493 e. The average Bonchev–Trinajstić information content (AvgIpc) is 2.45. The van der Waals surface area contributed by atoms with Gasteiger partial charge in [0, 0.05) is 23.5 Å². The van der Waals surface area contributed by atoms with E-state index >= 15 is 0 Å². The molecular weight excluding hydrogens is 287 g/mol. The number of hydrogen-bond acceptors (Lipinski definition) is 4. The van der Waals surface area contributed by atoms with Crippen molar-refractivity contribution < 1.29 is 27.4 Å². The zero-order chi connectivity index (χ0) is 15.5. The summed E-state index contributed by atoms with van der Waals surface area (Å²) in [7, 11) is 1.21. The van der Waals surface area contributed by atoms with Crippen LogP contribution in [0.4, 0.5) is 13.2 Å². The maximum Gasteiger partial charge on any atom is 0.573 e. The van der Waals surface area contributed by atoms with Gasteiger partial charge in [-0.1, -0.05) is 0 Å². The smallest absolute Gasteiger partial charge is 0.493 e. The highest BCUT2D eigenvalue weighted by Crippen LogP contribution is 2.33. The molecule has 2 rings (SSSR count). The maximum atomic E-state index is 12.3. The second-order valence-corrected chi connectivity index (χ2v) is 3.98. The molecule has 2 aromatic rings. The molecule has 110 valence electrons. The number of aromatic nitrogens is 1. The van der Waals surface area contributed by atoms with Crippen molar-refractivity contribution >= 4 is 5.78 Å². The zero-order valence-electron chi connectivity index (χ0n) is 10.8. The van der Waals surface area contributed by atoms with Crippen LogP contribution in [0.25, 0.3) is 0 Å². The summed E-state index contributed by atoms with van der Waals surface area (Å²) < 4.78 is 45.7. The molecule has 0 aliphatic heterocycles. The number of benzene rings is 1. The summed E-state index contributed by atoms with van der Waals surface area (Å²) in [5.74, 6) is -1.12. The molecule has 4 nitrogen and oxygen atoms in total. The number of ketones is 1. The van der Waals surface area contributed by atoms with E-state index in [1.807, 2.05) is 0 Å². The van der Waals surface area contributed by atoms with Gasteiger partial charge in [-0.15, -0.1) is 13.2 Å². The van der Waals surface area contributed by atoms with E-state index in [1.165, 1.54) is 43.8 Å². The molecule has 1 aromatic heterocycles. The van der Waals surface area contributed by atoms with Crippen molar-refractivity contribution in [3.05, 3.63) is 53.9 Å². The van der Waals surface area contributed by atoms with Crippen LogP contribution in [0.15, 0.2) is 42.7 Å². The predicted molar refractivity (Wildman–Crippen MR) is 67.3 cm³/mol. The molecule has 0 aliphatic carbocycles. The molecule has 0 bridgehead atoms. The standard InChI is InChI=1S/C14H10F3NO3/c1-20-11-3-2-10(8-12(11)21-14(15,16)17)13(19)9-4-6-18-7-5-9/h2-8H,1H3. The third-order valence-corrected chi connectivity index (χ3v) is 2.59. The van der Waals surface area contributed by atoms with Crippen LogP contribution in [0.5, 0.6) is 11.5 Å². The first-order chi connectivity index (χ1) is 9.90. The number of nitrogens with zero attached hydrogens (tertiary/aromatic N) is 1. The Hall–Kier alpha value is -2.57. The molecule has 0 aliphatic rings. The summed E-state index contributed by atoms with van der Waals surface area (Å²) in [5.41, 5.74) is 0.370. The first-order valence-corrected chi connectivity index (χ1v) is 5.79. The minimum atomic E-state index is -4.87. The van der Waals surface area contributed by atoms with Gasteiger partial charge in [-0.3, -0.25) is 9.78 Å². The summed E-state index contributed by atoms with van der Waals surface area (Å²) in [6.45, 7) is 0. The molecule has 0 fully saturated rings. The number of carbonyl (C=O) groups is 1. The molecule has 0 radical (unpaired) electrons. The topological polar surface area (TPSA) is 48.4 Å². The number of hydrogen-bond donors (Lipinski definition) is 0. The molecule has 1 heterocycles. The summed E-state index contributed by atoms with van der Waals surface area (Å²) in [6.07, 6.45) is -2.03. The predicted octanol–water partition coefficient (Wildman–Crippen LogP) is 3.22. The van der Waals surface area contributed by atoms with Crippen molar-refractivity contribution in [1.29, 1.82) is 0 Å². The fourth-order valence-corrected chi connectivity index (χ4v) is 1.69. The van der Waals surface area contributed by atoms with E-state index in [4.69, 9.17) is 4.74 Å². The first kappa shape index (κ1) is 14.8. The molecular formula is C14H10F3NO3.